The van der Waals surface area contributed by atoms with Crippen LogP contribution in [0.4, 0.5) is 15.3 Å². The van der Waals surface area contributed by atoms with Crippen molar-refractivity contribution in [3.63, 3.8) is 0 Å². The van der Waals surface area contributed by atoms with Crippen molar-refractivity contribution in [3.8, 4) is 5.75 Å². The molecule has 0 aromatic heterocycles. The van der Waals surface area contributed by atoms with E-state index in [-0.39, 0.29) is 0 Å². The van der Waals surface area contributed by atoms with E-state index in [1.165, 1.54) is 0 Å². The first-order valence-corrected chi connectivity index (χ1v) is 5.55. The molecule has 0 aliphatic carbocycles. The van der Waals surface area contributed by atoms with Gasteiger partial charge in [-0.3, -0.25) is 5.32 Å². The van der Waals surface area contributed by atoms with Gasteiger partial charge in [-0.2, -0.15) is 0 Å². The molecule has 0 bridgehead atoms. The van der Waals surface area contributed by atoms with Crippen LogP contribution in [0.3, 0.4) is 0 Å². The van der Waals surface area contributed by atoms with E-state index in [4.69, 9.17) is 4.74 Å². The topological polar surface area (TPSA) is 64.6 Å². The lowest BCUT2D eigenvalue weighted by Gasteiger charge is -2.05. The van der Waals surface area contributed by atoms with Crippen molar-refractivity contribution < 1.29 is 19.1 Å². The number of carbonyl (C=O) groups is 2. The zero-order valence-corrected chi connectivity index (χ0v) is 9.91. The molecule has 0 saturated heterocycles. The number of ether oxygens (including phenoxy) is 2. The molecule has 1 N–H and O–H groups in total. The molecule has 19 heavy (non-hydrogen) atoms. The van der Waals surface area contributed by atoms with Crippen molar-refractivity contribution >= 4 is 17.9 Å². The van der Waals surface area contributed by atoms with E-state index in [2.05, 4.69) is 10.1 Å². The van der Waals surface area contributed by atoms with Crippen LogP contribution >= 0.6 is 0 Å². The molecule has 5 nitrogen and oxygen atoms in total. The number of benzene rings is 2. The lowest BCUT2D eigenvalue weighted by molar-refractivity contribution is 0.122. The van der Waals surface area contributed by atoms with Gasteiger partial charge in [-0.25, -0.2) is 9.59 Å². The van der Waals surface area contributed by atoms with E-state index in [1.54, 1.807) is 60.7 Å². The Morgan fingerprint density at radius 1 is 0.842 bits per heavy atom. The molecule has 0 heterocycles. The number of anilines is 1. The number of rotatable bonds is 2. The SMILES string of the molecule is O=C(Nc1ccccc1)OC(=O)Oc1ccccc1. The van der Waals surface area contributed by atoms with Gasteiger partial charge in [0.15, 0.2) is 0 Å². The molecule has 0 saturated carbocycles. The minimum Gasteiger partial charge on any atom is -0.395 e. The van der Waals surface area contributed by atoms with Gasteiger partial charge in [0.2, 0.25) is 0 Å². The Morgan fingerprint density at radius 3 is 2.05 bits per heavy atom. The molecule has 0 spiro atoms. The molecule has 0 aliphatic rings. The highest BCUT2D eigenvalue weighted by Gasteiger charge is 2.12. The Balaban J connectivity index is 1.84. The molecule has 0 atom stereocenters. The van der Waals surface area contributed by atoms with E-state index < -0.39 is 12.2 Å². The normalized spacial score (nSPS) is 9.47. The molecule has 1 amide bonds. The van der Waals surface area contributed by atoms with Gasteiger partial charge < -0.3 is 9.47 Å². The maximum absolute atomic E-state index is 11.4. The highest BCUT2D eigenvalue weighted by molar-refractivity contribution is 5.91. The minimum absolute atomic E-state index is 0.306. The lowest BCUT2D eigenvalue weighted by Crippen LogP contribution is -2.20. The average Bonchev–Trinajstić information content (AvgIpc) is 2.40. The fraction of sp³-hybridized carbons (Fsp3) is 0. The van der Waals surface area contributed by atoms with Crippen molar-refractivity contribution in [2.24, 2.45) is 0 Å². The Morgan fingerprint density at radius 2 is 1.42 bits per heavy atom. The zero-order valence-electron chi connectivity index (χ0n) is 9.91. The number of amides is 1. The number of carbonyl (C=O) groups excluding carboxylic acids is 2. The molecule has 2 aromatic carbocycles. The quantitative estimate of drug-likeness (QED) is 0.508. The van der Waals surface area contributed by atoms with Crippen LogP contribution in [0.25, 0.3) is 0 Å². The van der Waals surface area contributed by atoms with Crippen LogP contribution in [-0.2, 0) is 4.74 Å². The standard InChI is InChI=1S/C14H11NO4/c16-13(15-11-7-3-1-4-8-11)19-14(17)18-12-9-5-2-6-10-12/h1-10H,(H,15,16). The Hall–Kier alpha value is -2.82. The largest absolute Gasteiger partial charge is 0.523 e. The average molecular weight is 257 g/mol. The summed E-state index contributed by atoms with van der Waals surface area (Å²) < 4.78 is 9.25. The molecule has 0 radical (unpaired) electrons. The predicted octanol–water partition coefficient (Wildman–Crippen LogP) is 3.43. The summed E-state index contributed by atoms with van der Waals surface area (Å²) in [7, 11) is 0. The summed E-state index contributed by atoms with van der Waals surface area (Å²) in [5.74, 6) is 0.306. The minimum atomic E-state index is -1.08. The molecule has 0 unspecified atom stereocenters. The lowest BCUT2D eigenvalue weighted by atomic mass is 10.3. The molecule has 96 valence electrons. The maximum Gasteiger partial charge on any atom is 0.523 e. The van der Waals surface area contributed by atoms with E-state index in [9.17, 15) is 9.59 Å². The third-order valence-electron chi connectivity index (χ3n) is 2.14. The van der Waals surface area contributed by atoms with Gasteiger partial charge in [0.1, 0.15) is 5.75 Å². The highest BCUT2D eigenvalue weighted by Crippen LogP contribution is 2.10. The van der Waals surface area contributed by atoms with Gasteiger partial charge in [0.25, 0.3) is 0 Å². The van der Waals surface area contributed by atoms with Crippen LogP contribution in [0.2, 0.25) is 0 Å². The summed E-state index contributed by atoms with van der Waals surface area (Å²) >= 11 is 0. The summed E-state index contributed by atoms with van der Waals surface area (Å²) in [4.78, 5) is 22.7. The van der Waals surface area contributed by atoms with Crippen molar-refractivity contribution in [2.45, 2.75) is 0 Å². The van der Waals surface area contributed by atoms with Crippen LogP contribution < -0.4 is 10.1 Å². The summed E-state index contributed by atoms with van der Waals surface area (Å²) in [5.41, 5.74) is 0.528. The van der Waals surface area contributed by atoms with Crippen molar-refractivity contribution in [2.75, 3.05) is 5.32 Å². The molecule has 0 aliphatic heterocycles. The maximum atomic E-state index is 11.4. The number of para-hydroxylation sites is 2. The third kappa shape index (κ3) is 4.16. The number of hydrogen-bond acceptors (Lipinski definition) is 4. The summed E-state index contributed by atoms with van der Waals surface area (Å²) in [6.07, 6.45) is -1.98. The fourth-order valence-corrected chi connectivity index (χ4v) is 1.35. The molecule has 2 rings (SSSR count). The Kier molecular flexibility index (Phi) is 4.12. The number of hydrogen-bond donors (Lipinski definition) is 1. The molecule has 2 aromatic rings. The number of nitrogens with one attached hydrogen (secondary N) is 1. The molecule has 0 fully saturated rings. The Labute approximate surface area is 109 Å². The van der Waals surface area contributed by atoms with Crippen molar-refractivity contribution in [1.82, 2.24) is 0 Å². The van der Waals surface area contributed by atoms with E-state index in [1.807, 2.05) is 0 Å². The van der Waals surface area contributed by atoms with Gasteiger partial charge in [0.05, 0.1) is 0 Å². The van der Waals surface area contributed by atoms with Gasteiger partial charge in [0, 0.05) is 5.69 Å². The van der Waals surface area contributed by atoms with Crippen LogP contribution in [0.5, 0.6) is 5.75 Å². The van der Waals surface area contributed by atoms with Crippen molar-refractivity contribution in [3.05, 3.63) is 60.7 Å². The first-order chi connectivity index (χ1) is 9.24. The van der Waals surface area contributed by atoms with E-state index in [0.29, 0.717) is 11.4 Å². The van der Waals surface area contributed by atoms with Crippen LogP contribution in [-0.4, -0.2) is 12.2 Å². The van der Waals surface area contributed by atoms with Crippen LogP contribution in [0.15, 0.2) is 60.7 Å². The van der Waals surface area contributed by atoms with E-state index >= 15 is 0 Å². The third-order valence-corrected chi connectivity index (χ3v) is 2.14. The highest BCUT2D eigenvalue weighted by atomic mass is 16.7. The first-order valence-electron chi connectivity index (χ1n) is 5.55. The second-order valence-electron chi connectivity index (χ2n) is 3.55. The smallest absolute Gasteiger partial charge is 0.395 e. The summed E-state index contributed by atoms with van der Waals surface area (Å²) in [5, 5.41) is 2.40. The summed E-state index contributed by atoms with van der Waals surface area (Å²) in [6.45, 7) is 0. The van der Waals surface area contributed by atoms with Gasteiger partial charge in [-0.1, -0.05) is 36.4 Å². The predicted molar refractivity (Wildman–Crippen MR) is 69.0 cm³/mol. The van der Waals surface area contributed by atoms with Gasteiger partial charge >= 0.3 is 12.2 Å². The monoisotopic (exact) mass is 257 g/mol. The van der Waals surface area contributed by atoms with Crippen molar-refractivity contribution in [1.29, 1.82) is 0 Å². The Bertz CT molecular complexity index is 503. The second-order valence-corrected chi connectivity index (χ2v) is 3.55. The molecular formula is C14H11NO4. The molecular weight excluding hydrogens is 246 g/mol. The fourth-order valence-electron chi connectivity index (χ4n) is 1.35. The van der Waals surface area contributed by atoms with Gasteiger partial charge in [-0.05, 0) is 24.3 Å². The first kappa shape index (κ1) is 12.6. The second kappa shape index (κ2) is 6.20. The van der Waals surface area contributed by atoms with Gasteiger partial charge in [-0.15, -0.1) is 0 Å². The molecule has 5 heteroatoms. The van der Waals surface area contributed by atoms with Crippen LogP contribution in [0, 0.1) is 0 Å². The summed E-state index contributed by atoms with van der Waals surface area (Å²) in [6, 6.07) is 17.0. The van der Waals surface area contributed by atoms with E-state index in [0.717, 1.165) is 0 Å². The van der Waals surface area contributed by atoms with Crippen LogP contribution in [0.1, 0.15) is 0 Å². The zero-order chi connectivity index (χ0) is 13.5.